The van der Waals surface area contributed by atoms with Gasteiger partial charge in [-0.2, -0.15) is 0 Å². The molecule has 8 nitrogen and oxygen atoms in total. The minimum atomic E-state index is -0.941. The molecule has 0 amide bonds. The Bertz CT molecular complexity index is 1150. The largest absolute Gasteiger partial charge is 0.507 e. The molecule has 3 aromatic rings. The Labute approximate surface area is 172 Å². The number of aromatic nitrogens is 4. The van der Waals surface area contributed by atoms with Crippen molar-refractivity contribution < 1.29 is 9.50 Å². The monoisotopic (exact) mass is 410 g/mol. The number of nitrogens with zero attached hydrogens (tertiary/aromatic N) is 6. The van der Waals surface area contributed by atoms with Gasteiger partial charge >= 0.3 is 0 Å². The van der Waals surface area contributed by atoms with E-state index in [1.807, 2.05) is 19.0 Å². The van der Waals surface area contributed by atoms with Gasteiger partial charge in [0.15, 0.2) is 5.82 Å². The lowest BCUT2D eigenvalue weighted by atomic mass is 9.95. The first-order valence-corrected chi connectivity index (χ1v) is 10.1. The Balaban J connectivity index is 1.44. The van der Waals surface area contributed by atoms with Crippen LogP contribution in [0.2, 0.25) is 0 Å². The van der Waals surface area contributed by atoms with Crippen LogP contribution < -0.4 is 10.5 Å². The van der Waals surface area contributed by atoms with Crippen LogP contribution >= 0.6 is 0 Å². The topological polar surface area (TPSA) is 86.9 Å². The summed E-state index contributed by atoms with van der Waals surface area (Å²) in [4.78, 5) is 20.2. The van der Waals surface area contributed by atoms with Crippen molar-refractivity contribution in [3.8, 4) is 17.0 Å². The number of pyridine rings is 1. The van der Waals surface area contributed by atoms with Gasteiger partial charge in [0.2, 0.25) is 0 Å². The van der Waals surface area contributed by atoms with Crippen molar-refractivity contribution in [3.05, 3.63) is 47.0 Å². The van der Waals surface area contributed by atoms with Crippen LogP contribution in [0.25, 0.3) is 16.9 Å². The van der Waals surface area contributed by atoms with E-state index in [9.17, 15) is 9.90 Å². The summed E-state index contributed by atoms with van der Waals surface area (Å²) in [6.45, 7) is 0. The van der Waals surface area contributed by atoms with Crippen molar-refractivity contribution in [1.82, 2.24) is 24.5 Å². The first-order chi connectivity index (χ1) is 14.4. The van der Waals surface area contributed by atoms with Crippen LogP contribution in [0.5, 0.6) is 5.75 Å². The highest BCUT2D eigenvalue weighted by molar-refractivity contribution is 5.69. The highest BCUT2D eigenvalue weighted by Crippen LogP contribution is 2.38. The van der Waals surface area contributed by atoms with Gasteiger partial charge in [-0.25, -0.2) is 9.37 Å². The zero-order valence-electron chi connectivity index (χ0n) is 16.8. The van der Waals surface area contributed by atoms with Crippen LogP contribution in [0.1, 0.15) is 19.3 Å². The highest BCUT2D eigenvalue weighted by atomic mass is 19.1. The molecule has 30 heavy (non-hydrogen) atoms. The summed E-state index contributed by atoms with van der Waals surface area (Å²) in [5.74, 6) is 0.536. The molecule has 0 saturated carbocycles. The summed E-state index contributed by atoms with van der Waals surface area (Å²) in [6.07, 6.45) is 4.65. The maximum atomic E-state index is 15.1. The van der Waals surface area contributed by atoms with E-state index < -0.39 is 6.17 Å². The number of rotatable bonds is 3. The average Bonchev–Trinajstić information content (AvgIpc) is 3.00. The lowest BCUT2D eigenvalue weighted by Gasteiger charge is -2.43. The van der Waals surface area contributed by atoms with Crippen molar-refractivity contribution in [1.29, 1.82) is 0 Å². The average molecular weight is 410 g/mol. The summed E-state index contributed by atoms with van der Waals surface area (Å²) >= 11 is 0. The summed E-state index contributed by atoms with van der Waals surface area (Å²) in [5, 5.41) is 18.9. The normalized spacial score (nSPS) is 26.2. The predicted molar refractivity (Wildman–Crippen MR) is 110 cm³/mol. The number of fused-ring (bicyclic) bond motifs is 3. The molecule has 9 heteroatoms. The summed E-state index contributed by atoms with van der Waals surface area (Å²) < 4.78 is 16.5. The molecular weight excluding hydrogens is 387 g/mol. The van der Waals surface area contributed by atoms with Gasteiger partial charge in [-0.1, -0.05) is 0 Å². The second-order valence-corrected chi connectivity index (χ2v) is 8.18. The van der Waals surface area contributed by atoms with Gasteiger partial charge in [0, 0.05) is 43.7 Å². The van der Waals surface area contributed by atoms with E-state index in [1.165, 1.54) is 28.9 Å². The van der Waals surface area contributed by atoms with Gasteiger partial charge in [0.25, 0.3) is 5.56 Å². The maximum Gasteiger partial charge on any atom is 0.257 e. The molecule has 156 valence electrons. The van der Waals surface area contributed by atoms with Crippen LogP contribution in [0.4, 0.5) is 10.2 Å². The standard InChI is InChI=1S/C21H23FN6O2/c1-26-12-3-5-15(26)21(22)16(9-12)27(2)18-6-4-14(24-25-18)13-11-28-19(10-17(13)29)23-8-7-20(28)30/h4,6-8,10-12,15-16,21,29H,3,5,9H2,1-2H3/t12?,15?,16-,21+/m1/s1. The van der Waals surface area contributed by atoms with E-state index in [-0.39, 0.29) is 23.4 Å². The van der Waals surface area contributed by atoms with Crippen molar-refractivity contribution in [3.63, 3.8) is 0 Å². The third-order valence-corrected chi connectivity index (χ3v) is 6.64. The minimum absolute atomic E-state index is 0.0371. The SMILES string of the molecule is CN1C2CCC1[C@H](F)[C@H](N(C)c1ccc(-c3cn4c(=O)ccnc4cc3O)nn1)C2. The van der Waals surface area contributed by atoms with Crippen molar-refractivity contribution >= 4 is 11.5 Å². The van der Waals surface area contributed by atoms with Crippen LogP contribution in [-0.4, -0.2) is 68.0 Å². The summed E-state index contributed by atoms with van der Waals surface area (Å²) in [6, 6.07) is 6.38. The number of piperidine rings is 1. The molecule has 2 bridgehead atoms. The van der Waals surface area contributed by atoms with E-state index in [1.54, 1.807) is 12.1 Å². The first-order valence-electron chi connectivity index (χ1n) is 10.1. The quantitative estimate of drug-likeness (QED) is 0.705. The first kappa shape index (κ1) is 18.9. The number of hydrogen-bond donors (Lipinski definition) is 1. The molecule has 2 unspecified atom stereocenters. The summed E-state index contributed by atoms with van der Waals surface area (Å²) in [7, 11) is 3.86. The van der Waals surface area contributed by atoms with Crippen molar-refractivity contribution in [2.45, 2.75) is 43.6 Å². The fraction of sp³-hybridized carbons (Fsp3) is 0.429. The Hall–Kier alpha value is -3.07. The Morgan fingerprint density at radius 1 is 1.23 bits per heavy atom. The number of alkyl halides is 1. The number of halogens is 1. The zero-order chi connectivity index (χ0) is 21.0. The molecule has 2 fully saturated rings. The Morgan fingerprint density at radius 3 is 2.83 bits per heavy atom. The van der Waals surface area contributed by atoms with Gasteiger partial charge in [0.05, 0.1) is 17.3 Å². The van der Waals surface area contributed by atoms with E-state index in [0.29, 0.717) is 28.8 Å². The molecule has 0 aliphatic carbocycles. The maximum absolute atomic E-state index is 15.1. The highest BCUT2D eigenvalue weighted by Gasteiger charge is 2.47. The van der Waals surface area contributed by atoms with Gasteiger partial charge in [-0.05, 0) is 38.4 Å². The Kier molecular flexibility index (Phi) is 4.43. The third kappa shape index (κ3) is 2.92. The molecule has 3 aromatic heterocycles. The van der Waals surface area contributed by atoms with Gasteiger partial charge in [-0.3, -0.25) is 14.1 Å². The molecule has 0 spiro atoms. The lowest BCUT2D eigenvalue weighted by molar-refractivity contribution is 0.0701. The third-order valence-electron chi connectivity index (χ3n) is 6.64. The molecule has 4 atom stereocenters. The van der Waals surface area contributed by atoms with Crippen molar-refractivity contribution in [2.75, 3.05) is 19.0 Å². The lowest BCUT2D eigenvalue weighted by Crippen LogP contribution is -2.56. The second kappa shape index (κ2) is 7.02. The molecule has 0 aromatic carbocycles. The van der Waals surface area contributed by atoms with E-state index in [4.69, 9.17) is 0 Å². The van der Waals surface area contributed by atoms with Crippen LogP contribution in [0, 0.1) is 0 Å². The fourth-order valence-electron chi connectivity index (χ4n) is 4.83. The van der Waals surface area contributed by atoms with E-state index >= 15 is 4.39 Å². The molecule has 2 aliphatic rings. The zero-order valence-corrected chi connectivity index (χ0v) is 16.8. The number of hydrogen-bond acceptors (Lipinski definition) is 7. The van der Waals surface area contributed by atoms with Gasteiger partial charge in [0.1, 0.15) is 17.6 Å². The Morgan fingerprint density at radius 2 is 2.07 bits per heavy atom. The summed E-state index contributed by atoms with van der Waals surface area (Å²) in [5.41, 5.74) is 0.887. The molecule has 0 radical (unpaired) electrons. The van der Waals surface area contributed by atoms with Gasteiger partial charge < -0.3 is 10.0 Å². The number of aromatic hydroxyl groups is 1. The number of anilines is 1. The molecule has 1 N–H and O–H groups in total. The second-order valence-electron chi connectivity index (χ2n) is 8.18. The molecule has 2 aliphatic heterocycles. The van der Waals surface area contributed by atoms with E-state index in [2.05, 4.69) is 20.1 Å². The van der Waals surface area contributed by atoms with Crippen molar-refractivity contribution in [2.24, 2.45) is 0 Å². The fourth-order valence-corrected chi connectivity index (χ4v) is 4.83. The predicted octanol–water partition coefficient (Wildman–Crippen LogP) is 1.87. The molecule has 5 rings (SSSR count). The smallest absolute Gasteiger partial charge is 0.257 e. The van der Waals surface area contributed by atoms with Gasteiger partial charge in [-0.15, -0.1) is 10.2 Å². The van der Waals surface area contributed by atoms with Crippen LogP contribution in [0.15, 0.2) is 41.5 Å². The van der Waals surface area contributed by atoms with Crippen LogP contribution in [0.3, 0.4) is 0 Å². The molecule has 5 heterocycles. The molecule has 2 saturated heterocycles. The minimum Gasteiger partial charge on any atom is -0.507 e. The molecular formula is C21H23FN6O2. The van der Waals surface area contributed by atoms with E-state index in [0.717, 1.165) is 19.3 Å². The van der Waals surface area contributed by atoms with Crippen LogP contribution in [-0.2, 0) is 0 Å².